The minimum absolute atomic E-state index is 0. The highest BCUT2D eigenvalue weighted by atomic mass is 35.5. The van der Waals surface area contributed by atoms with Crippen molar-refractivity contribution < 1.29 is 0 Å². The summed E-state index contributed by atoms with van der Waals surface area (Å²) < 4.78 is 0. The summed E-state index contributed by atoms with van der Waals surface area (Å²) in [6.07, 6.45) is 2.52. The topological polar surface area (TPSA) is 15.3 Å². The van der Waals surface area contributed by atoms with Gasteiger partial charge in [-0.3, -0.25) is 4.90 Å². The molecule has 1 saturated heterocycles. The monoisotopic (exact) mass is 372 g/mol. The van der Waals surface area contributed by atoms with E-state index in [1.54, 1.807) is 0 Å². The van der Waals surface area contributed by atoms with Gasteiger partial charge in [-0.1, -0.05) is 30.3 Å². The Morgan fingerprint density at radius 1 is 1.04 bits per heavy atom. The van der Waals surface area contributed by atoms with Crippen molar-refractivity contribution in [3.05, 3.63) is 57.8 Å². The van der Waals surface area contributed by atoms with Crippen molar-refractivity contribution in [2.45, 2.75) is 38.9 Å². The second-order valence-corrected chi connectivity index (χ2v) is 7.30. The lowest BCUT2D eigenvalue weighted by atomic mass is 10.0. The summed E-state index contributed by atoms with van der Waals surface area (Å²) in [5, 5.41) is 3.72. The quantitative estimate of drug-likeness (QED) is 0.821. The van der Waals surface area contributed by atoms with Gasteiger partial charge in [0.2, 0.25) is 0 Å². The lowest BCUT2D eigenvalue weighted by Gasteiger charge is -2.32. The summed E-state index contributed by atoms with van der Waals surface area (Å²) in [6.45, 7) is 6.71. The van der Waals surface area contributed by atoms with Crippen molar-refractivity contribution in [3.63, 3.8) is 0 Å². The summed E-state index contributed by atoms with van der Waals surface area (Å²) in [6, 6.07) is 15.9. The highest BCUT2D eigenvalue weighted by Crippen LogP contribution is 2.17. The Morgan fingerprint density at radius 2 is 1.74 bits per heavy atom. The third-order valence-electron chi connectivity index (χ3n) is 4.20. The van der Waals surface area contributed by atoms with Gasteiger partial charge in [-0.15, -0.1) is 36.2 Å². The van der Waals surface area contributed by atoms with Crippen molar-refractivity contribution in [1.82, 2.24) is 10.2 Å². The van der Waals surface area contributed by atoms with Crippen LogP contribution in [0.5, 0.6) is 0 Å². The smallest absolute Gasteiger partial charge is 0.0302 e. The third-order valence-corrected chi connectivity index (χ3v) is 5.20. The van der Waals surface area contributed by atoms with Gasteiger partial charge in [-0.05, 0) is 50.6 Å². The van der Waals surface area contributed by atoms with Crippen LogP contribution in [0, 0.1) is 6.92 Å². The molecule has 0 unspecified atom stereocenters. The molecule has 0 bridgehead atoms. The Balaban J connectivity index is 0.00000132. The van der Waals surface area contributed by atoms with Crippen LogP contribution in [-0.4, -0.2) is 24.0 Å². The average molecular weight is 373 g/mol. The van der Waals surface area contributed by atoms with Crippen LogP contribution in [0.25, 0.3) is 0 Å². The van der Waals surface area contributed by atoms with Gasteiger partial charge >= 0.3 is 0 Å². The van der Waals surface area contributed by atoms with Gasteiger partial charge in [0.05, 0.1) is 0 Å². The zero-order valence-corrected chi connectivity index (χ0v) is 16.0. The molecule has 1 aliphatic heterocycles. The minimum atomic E-state index is 0. The van der Waals surface area contributed by atoms with E-state index in [1.807, 2.05) is 11.3 Å². The number of likely N-dealkylation sites (tertiary alicyclic amines) is 1. The number of thiophene rings is 1. The molecule has 2 heterocycles. The van der Waals surface area contributed by atoms with Crippen LogP contribution >= 0.6 is 36.2 Å². The molecule has 1 aliphatic rings. The van der Waals surface area contributed by atoms with Gasteiger partial charge < -0.3 is 5.32 Å². The van der Waals surface area contributed by atoms with Gasteiger partial charge in [0.25, 0.3) is 0 Å². The first-order chi connectivity index (χ1) is 10.3. The summed E-state index contributed by atoms with van der Waals surface area (Å²) in [4.78, 5) is 5.44. The Labute approximate surface area is 156 Å². The van der Waals surface area contributed by atoms with Crippen LogP contribution in [0.2, 0.25) is 0 Å². The minimum Gasteiger partial charge on any atom is -0.309 e. The van der Waals surface area contributed by atoms with E-state index in [9.17, 15) is 0 Å². The maximum atomic E-state index is 3.72. The fourth-order valence-electron chi connectivity index (χ4n) is 2.96. The fourth-order valence-corrected chi connectivity index (χ4v) is 3.80. The molecule has 0 aliphatic carbocycles. The molecule has 1 fully saturated rings. The molecule has 5 heteroatoms. The van der Waals surface area contributed by atoms with E-state index in [2.05, 4.69) is 59.6 Å². The summed E-state index contributed by atoms with van der Waals surface area (Å²) in [5.74, 6) is 0. The van der Waals surface area contributed by atoms with Gasteiger partial charge in [0.15, 0.2) is 0 Å². The van der Waals surface area contributed by atoms with Crippen LogP contribution in [0.3, 0.4) is 0 Å². The van der Waals surface area contributed by atoms with Crippen molar-refractivity contribution in [3.8, 4) is 0 Å². The Kier molecular flexibility index (Phi) is 9.18. The molecule has 1 aromatic carbocycles. The lowest BCUT2D eigenvalue weighted by Crippen LogP contribution is -2.41. The number of nitrogens with zero attached hydrogens (tertiary/aromatic N) is 1. The predicted molar refractivity (Wildman–Crippen MR) is 105 cm³/mol. The van der Waals surface area contributed by atoms with Crippen LogP contribution < -0.4 is 5.32 Å². The first-order valence-corrected chi connectivity index (χ1v) is 8.66. The van der Waals surface area contributed by atoms with E-state index < -0.39 is 0 Å². The number of hydrogen-bond donors (Lipinski definition) is 1. The molecular formula is C18H26Cl2N2S. The predicted octanol–water partition coefficient (Wildman–Crippen LogP) is 4.65. The number of nitrogens with one attached hydrogen (secondary N) is 1. The van der Waals surface area contributed by atoms with E-state index in [4.69, 9.17) is 0 Å². The van der Waals surface area contributed by atoms with Crippen molar-refractivity contribution in [2.75, 3.05) is 13.1 Å². The fraction of sp³-hybridized carbons (Fsp3) is 0.444. The molecule has 3 rings (SSSR count). The molecule has 0 radical (unpaired) electrons. The second kappa shape index (κ2) is 10.3. The van der Waals surface area contributed by atoms with E-state index >= 15 is 0 Å². The summed E-state index contributed by atoms with van der Waals surface area (Å²) in [7, 11) is 0. The lowest BCUT2D eigenvalue weighted by molar-refractivity contribution is 0.190. The van der Waals surface area contributed by atoms with Crippen LogP contribution in [0.15, 0.2) is 42.5 Å². The number of piperidine rings is 1. The number of aryl methyl sites for hydroxylation is 1. The highest BCUT2D eigenvalue weighted by Gasteiger charge is 2.18. The summed E-state index contributed by atoms with van der Waals surface area (Å²) in [5.41, 5.74) is 1.43. The van der Waals surface area contributed by atoms with E-state index in [1.165, 1.54) is 41.2 Å². The van der Waals surface area contributed by atoms with Crippen LogP contribution in [-0.2, 0) is 13.1 Å². The van der Waals surface area contributed by atoms with Crippen LogP contribution in [0.4, 0.5) is 0 Å². The van der Waals surface area contributed by atoms with E-state index in [-0.39, 0.29) is 24.8 Å². The Hall–Kier alpha value is -0.580. The standard InChI is InChI=1S/C18H24N2S.2ClH/c1-15-7-8-18(21-15)13-19-17-9-11-20(12-10-17)14-16-5-3-2-4-6-16;;/h2-8,17,19H,9-14H2,1H3;2*1H. The van der Waals surface area contributed by atoms with E-state index in [0.717, 1.165) is 13.1 Å². The van der Waals surface area contributed by atoms with Gasteiger partial charge in [-0.2, -0.15) is 0 Å². The molecule has 0 amide bonds. The zero-order chi connectivity index (χ0) is 14.5. The zero-order valence-electron chi connectivity index (χ0n) is 13.5. The molecule has 128 valence electrons. The normalized spacial score (nSPS) is 15.7. The first kappa shape index (κ1) is 20.5. The molecule has 1 aromatic heterocycles. The third kappa shape index (κ3) is 6.44. The molecule has 2 aromatic rings. The van der Waals surface area contributed by atoms with Gasteiger partial charge in [0, 0.05) is 28.9 Å². The highest BCUT2D eigenvalue weighted by molar-refractivity contribution is 7.11. The molecule has 1 N–H and O–H groups in total. The molecule has 0 spiro atoms. The Morgan fingerprint density at radius 3 is 2.35 bits per heavy atom. The van der Waals surface area contributed by atoms with E-state index in [0.29, 0.717) is 6.04 Å². The van der Waals surface area contributed by atoms with Gasteiger partial charge in [0.1, 0.15) is 0 Å². The van der Waals surface area contributed by atoms with Gasteiger partial charge in [-0.25, -0.2) is 0 Å². The van der Waals surface area contributed by atoms with Crippen molar-refractivity contribution in [1.29, 1.82) is 0 Å². The number of benzene rings is 1. The SMILES string of the molecule is Cc1ccc(CNC2CCN(Cc3ccccc3)CC2)s1.Cl.Cl. The Bertz CT molecular complexity index is 551. The number of rotatable bonds is 5. The number of halogens is 2. The number of hydrogen-bond acceptors (Lipinski definition) is 3. The maximum Gasteiger partial charge on any atom is 0.0302 e. The molecule has 2 nitrogen and oxygen atoms in total. The average Bonchev–Trinajstić information content (AvgIpc) is 2.93. The molecular weight excluding hydrogens is 347 g/mol. The maximum absolute atomic E-state index is 3.72. The van der Waals surface area contributed by atoms with Crippen LogP contribution in [0.1, 0.15) is 28.2 Å². The van der Waals surface area contributed by atoms with Crippen molar-refractivity contribution >= 4 is 36.2 Å². The largest absolute Gasteiger partial charge is 0.309 e. The molecule has 0 atom stereocenters. The molecule has 0 saturated carbocycles. The molecule has 23 heavy (non-hydrogen) atoms. The second-order valence-electron chi connectivity index (χ2n) is 5.93. The van der Waals surface area contributed by atoms with Crippen molar-refractivity contribution in [2.24, 2.45) is 0 Å². The first-order valence-electron chi connectivity index (χ1n) is 7.84. The summed E-state index contributed by atoms with van der Waals surface area (Å²) >= 11 is 1.91.